The first kappa shape index (κ1) is 12.7. The molecule has 2 aromatic rings. The normalized spacial score (nSPS) is 10.4. The molecule has 1 aromatic heterocycles. The summed E-state index contributed by atoms with van der Waals surface area (Å²) in [6.45, 7) is 3.89. The molecule has 2 rings (SSSR count). The fraction of sp³-hybridized carbons (Fsp3) is 0.154. The summed E-state index contributed by atoms with van der Waals surface area (Å²) in [6, 6.07) is 5.30. The third kappa shape index (κ3) is 2.26. The number of hydrogen-bond acceptors (Lipinski definition) is 3. The number of rotatable bonds is 2. The van der Waals surface area contributed by atoms with Gasteiger partial charge in [0.25, 0.3) is 5.91 Å². The zero-order chi connectivity index (χ0) is 13.3. The second kappa shape index (κ2) is 4.86. The molecule has 0 atom stereocenters. The van der Waals surface area contributed by atoms with E-state index in [9.17, 15) is 4.79 Å². The summed E-state index contributed by atoms with van der Waals surface area (Å²) < 4.78 is 5.44. The van der Waals surface area contributed by atoms with E-state index >= 15 is 0 Å². The van der Waals surface area contributed by atoms with E-state index in [1.807, 2.05) is 19.9 Å². The van der Waals surface area contributed by atoms with Crippen LogP contribution in [0.4, 0.5) is 11.4 Å². The summed E-state index contributed by atoms with van der Waals surface area (Å²) in [6.07, 6.45) is 1.45. The van der Waals surface area contributed by atoms with Crippen molar-refractivity contribution in [3.63, 3.8) is 0 Å². The first-order valence-corrected chi connectivity index (χ1v) is 6.20. The quantitative estimate of drug-likeness (QED) is 0.834. The minimum Gasteiger partial charge on any atom is -0.457 e. The highest BCUT2D eigenvalue weighted by Gasteiger charge is 2.15. The Hall–Kier alpha value is -1.75. The molecule has 5 heteroatoms. The van der Waals surface area contributed by atoms with Gasteiger partial charge in [-0.2, -0.15) is 0 Å². The lowest BCUT2D eigenvalue weighted by Crippen LogP contribution is -2.14. The zero-order valence-electron chi connectivity index (χ0n) is 10.1. The molecule has 1 heterocycles. The van der Waals surface area contributed by atoms with Gasteiger partial charge in [-0.25, -0.2) is 0 Å². The van der Waals surface area contributed by atoms with Gasteiger partial charge in [-0.15, -0.1) is 0 Å². The molecule has 1 amide bonds. The maximum atomic E-state index is 12.1. The highest BCUT2D eigenvalue weighted by atomic mass is 79.9. The van der Waals surface area contributed by atoms with Crippen LogP contribution in [0.25, 0.3) is 0 Å². The zero-order valence-corrected chi connectivity index (χ0v) is 11.7. The Bertz CT molecular complexity index is 605. The van der Waals surface area contributed by atoms with Gasteiger partial charge in [-0.05, 0) is 53.0 Å². The van der Waals surface area contributed by atoms with E-state index < -0.39 is 0 Å². The molecule has 3 N–H and O–H groups in total. The van der Waals surface area contributed by atoms with Crippen molar-refractivity contribution in [2.24, 2.45) is 0 Å². The third-order valence-corrected chi connectivity index (χ3v) is 3.48. The van der Waals surface area contributed by atoms with E-state index in [2.05, 4.69) is 21.2 Å². The van der Waals surface area contributed by atoms with Crippen LogP contribution >= 0.6 is 15.9 Å². The molecule has 94 valence electrons. The lowest BCUT2D eigenvalue weighted by atomic mass is 10.1. The van der Waals surface area contributed by atoms with Crippen LogP contribution in [0.15, 0.2) is 33.5 Å². The summed E-state index contributed by atoms with van der Waals surface area (Å²) >= 11 is 3.17. The average molecular weight is 309 g/mol. The molecular weight excluding hydrogens is 296 g/mol. The maximum absolute atomic E-state index is 12.1. The van der Waals surface area contributed by atoms with Crippen LogP contribution in [0.2, 0.25) is 0 Å². The molecule has 4 nitrogen and oxygen atoms in total. The minimum atomic E-state index is -0.254. The standard InChI is InChI=1S/C13H13BrN2O2/c1-7-3-4-10(15)11(8(7)2)16-13(17)9-5-6-18-12(9)14/h3-6H,15H2,1-2H3,(H,16,17). The van der Waals surface area contributed by atoms with Gasteiger partial charge in [0.05, 0.1) is 23.2 Å². The largest absolute Gasteiger partial charge is 0.457 e. The number of halogens is 1. The molecule has 1 aromatic carbocycles. The molecular formula is C13H13BrN2O2. The minimum absolute atomic E-state index is 0.254. The predicted molar refractivity (Wildman–Crippen MR) is 74.7 cm³/mol. The molecule has 0 spiro atoms. The van der Waals surface area contributed by atoms with Crippen LogP contribution < -0.4 is 11.1 Å². The van der Waals surface area contributed by atoms with Crippen LogP contribution in [-0.2, 0) is 0 Å². The lowest BCUT2D eigenvalue weighted by molar-refractivity contribution is 0.102. The third-order valence-electron chi connectivity index (χ3n) is 2.87. The summed E-state index contributed by atoms with van der Waals surface area (Å²) in [5.74, 6) is -0.254. The average Bonchev–Trinajstić information content (AvgIpc) is 2.76. The number of benzene rings is 1. The summed E-state index contributed by atoms with van der Waals surface area (Å²) in [7, 11) is 0. The first-order chi connectivity index (χ1) is 8.50. The second-order valence-corrected chi connectivity index (χ2v) is 4.75. The number of nitrogen functional groups attached to an aromatic ring is 1. The van der Waals surface area contributed by atoms with Gasteiger partial charge in [0.1, 0.15) is 0 Å². The van der Waals surface area contributed by atoms with Gasteiger partial charge >= 0.3 is 0 Å². The predicted octanol–water partition coefficient (Wildman–Crippen LogP) is 3.49. The van der Waals surface area contributed by atoms with Crippen molar-refractivity contribution in [3.05, 3.63) is 45.8 Å². The molecule has 0 fully saturated rings. The summed E-state index contributed by atoms with van der Waals surface area (Å²) in [5.41, 5.74) is 9.55. The fourth-order valence-electron chi connectivity index (χ4n) is 1.64. The Morgan fingerprint density at radius 1 is 1.33 bits per heavy atom. The molecule has 0 unspecified atom stereocenters. The molecule has 0 bridgehead atoms. The van der Waals surface area contributed by atoms with E-state index in [4.69, 9.17) is 10.2 Å². The fourth-order valence-corrected chi connectivity index (χ4v) is 2.06. The Morgan fingerprint density at radius 3 is 2.67 bits per heavy atom. The maximum Gasteiger partial charge on any atom is 0.260 e. The molecule has 0 saturated heterocycles. The number of aryl methyl sites for hydroxylation is 1. The number of carbonyl (C=O) groups excluding carboxylic acids is 1. The van der Waals surface area contributed by atoms with E-state index in [0.717, 1.165) is 11.1 Å². The van der Waals surface area contributed by atoms with Crippen LogP contribution in [0.5, 0.6) is 0 Å². The number of nitrogens with two attached hydrogens (primary N) is 1. The number of hydrogen-bond donors (Lipinski definition) is 2. The molecule has 0 aliphatic heterocycles. The van der Waals surface area contributed by atoms with Crippen LogP contribution in [0.1, 0.15) is 21.5 Å². The Kier molecular flexibility index (Phi) is 3.43. The molecule has 0 aliphatic rings. The van der Waals surface area contributed by atoms with Gasteiger partial charge in [0, 0.05) is 0 Å². The molecule has 0 radical (unpaired) electrons. The van der Waals surface area contributed by atoms with E-state index in [1.54, 1.807) is 12.1 Å². The van der Waals surface area contributed by atoms with E-state index in [0.29, 0.717) is 21.6 Å². The van der Waals surface area contributed by atoms with Crippen molar-refractivity contribution in [3.8, 4) is 0 Å². The lowest BCUT2D eigenvalue weighted by Gasteiger charge is -2.12. The van der Waals surface area contributed by atoms with Gasteiger partial charge in [0.2, 0.25) is 0 Å². The van der Waals surface area contributed by atoms with Crippen LogP contribution in [0, 0.1) is 13.8 Å². The molecule has 18 heavy (non-hydrogen) atoms. The SMILES string of the molecule is Cc1ccc(N)c(NC(=O)c2ccoc2Br)c1C. The Labute approximate surface area is 113 Å². The topological polar surface area (TPSA) is 68.3 Å². The van der Waals surface area contributed by atoms with Gasteiger partial charge in [-0.3, -0.25) is 4.79 Å². The van der Waals surface area contributed by atoms with Crippen molar-refractivity contribution >= 4 is 33.2 Å². The van der Waals surface area contributed by atoms with Crippen LogP contribution in [-0.4, -0.2) is 5.91 Å². The monoisotopic (exact) mass is 308 g/mol. The second-order valence-electron chi connectivity index (χ2n) is 4.03. The summed E-state index contributed by atoms with van der Waals surface area (Å²) in [5, 5.41) is 2.81. The van der Waals surface area contributed by atoms with E-state index in [1.165, 1.54) is 6.26 Å². The number of carbonyl (C=O) groups is 1. The highest BCUT2D eigenvalue weighted by Crippen LogP contribution is 2.27. The Balaban J connectivity index is 2.33. The summed E-state index contributed by atoms with van der Waals surface area (Å²) in [4.78, 5) is 12.1. The molecule has 0 saturated carbocycles. The highest BCUT2D eigenvalue weighted by molar-refractivity contribution is 9.10. The number of amides is 1. The van der Waals surface area contributed by atoms with E-state index in [-0.39, 0.29) is 5.91 Å². The smallest absolute Gasteiger partial charge is 0.260 e. The number of anilines is 2. The molecule has 0 aliphatic carbocycles. The van der Waals surface area contributed by atoms with Gasteiger partial charge < -0.3 is 15.5 Å². The van der Waals surface area contributed by atoms with Crippen molar-refractivity contribution in [1.82, 2.24) is 0 Å². The van der Waals surface area contributed by atoms with Crippen LogP contribution in [0.3, 0.4) is 0 Å². The Morgan fingerprint density at radius 2 is 2.06 bits per heavy atom. The van der Waals surface area contributed by atoms with Crippen molar-refractivity contribution < 1.29 is 9.21 Å². The van der Waals surface area contributed by atoms with Crippen molar-refractivity contribution in [1.29, 1.82) is 0 Å². The first-order valence-electron chi connectivity index (χ1n) is 5.40. The van der Waals surface area contributed by atoms with Crippen molar-refractivity contribution in [2.45, 2.75) is 13.8 Å². The number of nitrogens with one attached hydrogen (secondary N) is 1. The van der Waals surface area contributed by atoms with Gasteiger partial charge in [-0.1, -0.05) is 6.07 Å². The van der Waals surface area contributed by atoms with Gasteiger partial charge in [0.15, 0.2) is 4.67 Å². The van der Waals surface area contributed by atoms with Crippen molar-refractivity contribution in [2.75, 3.05) is 11.1 Å². The number of furan rings is 1.